The first-order chi connectivity index (χ1) is 14.3. The van der Waals surface area contributed by atoms with Crippen molar-refractivity contribution < 1.29 is 17.6 Å². The Balaban J connectivity index is 1.68. The summed E-state index contributed by atoms with van der Waals surface area (Å²) in [6, 6.07) is 8.08. The van der Waals surface area contributed by atoms with Crippen molar-refractivity contribution in [2.75, 3.05) is 13.1 Å². The van der Waals surface area contributed by atoms with Gasteiger partial charge >= 0.3 is 0 Å². The number of nitrogens with zero attached hydrogens (tertiary/aromatic N) is 3. The number of amides is 1. The molecule has 8 nitrogen and oxygen atoms in total. The van der Waals surface area contributed by atoms with Gasteiger partial charge in [-0.25, -0.2) is 13.1 Å². The average Bonchev–Trinajstić information content (AvgIpc) is 3.37. The Kier molecular flexibility index (Phi) is 7.48. The van der Waals surface area contributed by atoms with Crippen LogP contribution in [0.1, 0.15) is 19.2 Å². The summed E-state index contributed by atoms with van der Waals surface area (Å²) in [5.74, 6) is 0.189. The molecule has 0 fully saturated rings. The van der Waals surface area contributed by atoms with Crippen molar-refractivity contribution in [1.29, 1.82) is 0 Å². The molecule has 1 amide bonds. The third-order valence-corrected chi connectivity index (χ3v) is 7.19. The van der Waals surface area contributed by atoms with Crippen molar-refractivity contribution in [2.24, 2.45) is 0 Å². The zero-order chi connectivity index (χ0) is 21.7. The topological polar surface area (TPSA) is 105 Å². The van der Waals surface area contributed by atoms with E-state index in [1.165, 1.54) is 34.4 Å². The number of hydrogen-bond acceptors (Lipinski definition) is 7. The molecule has 0 aliphatic carbocycles. The van der Waals surface area contributed by atoms with Gasteiger partial charge in [-0.1, -0.05) is 42.3 Å². The summed E-state index contributed by atoms with van der Waals surface area (Å²) in [5, 5.41) is 9.81. The quantitative estimate of drug-likeness (QED) is 0.490. The number of halogens is 2. The van der Waals surface area contributed by atoms with E-state index in [1.54, 1.807) is 0 Å². The highest BCUT2D eigenvalue weighted by atomic mass is 35.5. The van der Waals surface area contributed by atoms with Gasteiger partial charge < -0.3 is 9.32 Å². The third kappa shape index (κ3) is 5.38. The normalized spacial score (nSPS) is 11.6. The van der Waals surface area contributed by atoms with Crippen LogP contribution in [0, 0.1) is 0 Å². The van der Waals surface area contributed by atoms with Crippen LogP contribution in [-0.2, 0) is 21.4 Å². The largest absolute Gasteiger partial charge is 0.418 e. The molecule has 2 aromatic heterocycles. The summed E-state index contributed by atoms with van der Waals surface area (Å²) in [7, 11) is -4.07. The van der Waals surface area contributed by atoms with Gasteiger partial charge in [-0.05, 0) is 30.0 Å². The Hall–Kier alpha value is -1.98. The van der Waals surface area contributed by atoms with Crippen LogP contribution in [0.3, 0.4) is 0 Å². The van der Waals surface area contributed by atoms with E-state index in [4.69, 9.17) is 27.6 Å². The lowest BCUT2D eigenvalue weighted by Crippen LogP contribution is -2.40. The smallest absolute Gasteiger partial charge is 0.257 e. The fourth-order valence-electron chi connectivity index (χ4n) is 2.62. The first kappa shape index (κ1) is 22.7. The number of nitrogens with one attached hydrogen (secondary N) is 1. The van der Waals surface area contributed by atoms with Crippen LogP contribution >= 0.6 is 34.5 Å². The fourth-order valence-corrected chi connectivity index (χ4v) is 5.38. The highest BCUT2D eigenvalue weighted by molar-refractivity contribution is 7.89. The number of benzene rings is 1. The molecule has 0 bridgehead atoms. The molecule has 0 aliphatic heterocycles. The summed E-state index contributed by atoms with van der Waals surface area (Å²) in [6.45, 7) is 1.90. The number of carbonyl (C=O) groups excluding carboxylic acids is 1. The van der Waals surface area contributed by atoms with Gasteiger partial charge in [-0.3, -0.25) is 4.79 Å². The van der Waals surface area contributed by atoms with Gasteiger partial charge in [0, 0.05) is 6.54 Å². The summed E-state index contributed by atoms with van der Waals surface area (Å²) in [5.41, 5.74) is 0. The molecule has 0 radical (unpaired) electrons. The van der Waals surface area contributed by atoms with Crippen LogP contribution in [0.15, 0.2) is 45.0 Å². The summed E-state index contributed by atoms with van der Waals surface area (Å²) >= 11 is 13.4. The maximum Gasteiger partial charge on any atom is 0.257 e. The van der Waals surface area contributed by atoms with Crippen LogP contribution < -0.4 is 4.72 Å². The van der Waals surface area contributed by atoms with Gasteiger partial charge in [0.15, 0.2) is 0 Å². The van der Waals surface area contributed by atoms with E-state index in [-0.39, 0.29) is 27.4 Å². The zero-order valence-corrected chi connectivity index (χ0v) is 19.0. The highest BCUT2D eigenvalue weighted by Crippen LogP contribution is 2.28. The minimum absolute atomic E-state index is 0.0279. The van der Waals surface area contributed by atoms with E-state index in [9.17, 15) is 13.2 Å². The molecule has 1 N–H and O–H groups in total. The van der Waals surface area contributed by atoms with E-state index in [2.05, 4.69) is 14.9 Å². The van der Waals surface area contributed by atoms with Gasteiger partial charge in [-0.2, -0.15) is 0 Å². The van der Waals surface area contributed by atoms with Gasteiger partial charge in [0.2, 0.25) is 21.8 Å². The van der Waals surface area contributed by atoms with Crippen molar-refractivity contribution in [3.63, 3.8) is 0 Å². The van der Waals surface area contributed by atoms with Gasteiger partial charge in [0.05, 0.1) is 28.0 Å². The predicted octanol–water partition coefficient (Wildman–Crippen LogP) is 3.82. The first-order valence-electron chi connectivity index (χ1n) is 8.89. The van der Waals surface area contributed by atoms with E-state index in [1.807, 2.05) is 24.4 Å². The number of carbonyl (C=O) groups is 1. The Bertz CT molecular complexity index is 1100. The summed E-state index contributed by atoms with van der Waals surface area (Å²) in [6.07, 6.45) is 0.667. The lowest BCUT2D eigenvalue weighted by atomic mass is 10.3. The standard InChI is InChI=1S/C18H18Cl2N4O4S2/c1-2-8-24(11-15-22-23-18(28-15)14-7-4-9-29-14)16(25)10-21-30(26,27)17-12(19)5-3-6-13(17)20/h3-7,9,21H,2,8,10-11H2,1H3. The van der Waals surface area contributed by atoms with E-state index in [0.717, 1.165) is 4.88 Å². The number of rotatable bonds is 9. The van der Waals surface area contributed by atoms with Crippen molar-refractivity contribution >= 4 is 50.5 Å². The van der Waals surface area contributed by atoms with Crippen LogP contribution in [0.2, 0.25) is 10.0 Å². The molecule has 0 saturated carbocycles. The van der Waals surface area contributed by atoms with Gasteiger partial charge in [0.1, 0.15) is 4.90 Å². The number of sulfonamides is 1. The molecule has 0 spiro atoms. The molecule has 1 aromatic carbocycles. The van der Waals surface area contributed by atoms with Gasteiger partial charge in [-0.15, -0.1) is 21.5 Å². The Morgan fingerprint density at radius 3 is 2.57 bits per heavy atom. The molecule has 0 atom stereocenters. The SMILES string of the molecule is CCCN(Cc1nnc(-c2cccs2)o1)C(=O)CNS(=O)(=O)c1c(Cl)cccc1Cl. The summed E-state index contributed by atoms with van der Waals surface area (Å²) in [4.78, 5) is 14.7. The second-order valence-corrected chi connectivity index (χ2v) is 9.63. The second kappa shape index (κ2) is 9.88. The molecule has 30 heavy (non-hydrogen) atoms. The molecular formula is C18H18Cl2N4O4S2. The lowest BCUT2D eigenvalue weighted by molar-refractivity contribution is -0.130. The van der Waals surface area contributed by atoms with Crippen LogP contribution in [0.4, 0.5) is 0 Å². The van der Waals surface area contributed by atoms with Crippen molar-refractivity contribution in [1.82, 2.24) is 19.8 Å². The summed E-state index contributed by atoms with van der Waals surface area (Å²) < 4.78 is 33.0. The second-order valence-electron chi connectivity index (χ2n) is 6.17. The zero-order valence-electron chi connectivity index (χ0n) is 15.8. The molecular weight excluding hydrogens is 471 g/mol. The van der Waals surface area contributed by atoms with Crippen molar-refractivity contribution in [3.8, 4) is 10.8 Å². The maximum atomic E-state index is 12.7. The molecule has 2 heterocycles. The number of thiophene rings is 1. The minimum atomic E-state index is -4.07. The van der Waals surface area contributed by atoms with Crippen molar-refractivity contribution in [3.05, 3.63) is 51.6 Å². The first-order valence-corrected chi connectivity index (χ1v) is 12.0. The monoisotopic (exact) mass is 488 g/mol. The van der Waals surface area contributed by atoms with E-state index in [0.29, 0.717) is 18.9 Å². The lowest BCUT2D eigenvalue weighted by Gasteiger charge is -2.20. The molecule has 0 aliphatic rings. The molecule has 12 heteroatoms. The Labute approximate surface area is 187 Å². The van der Waals surface area contributed by atoms with E-state index < -0.39 is 22.5 Å². The maximum absolute atomic E-state index is 12.7. The molecule has 3 rings (SSSR count). The predicted molar refractivity (Wildman–Crippen MR) is 115 cm³/mol. The Morgan fingerprint density at radius 1 is 1.20 bits per heavy atom. The number of aromatic nitrogens is 2. The molecule has 0 saturated heterocycles. The average molecular weight is 489 g/mol. The minimum Gasteiger partial charge on any atom is -0.418 e. The molecule has 0 unspecified atom stereocenters. The van der Waals surface area contributed by atoms with Crippen molar-refractivity contribution in [2.45, 2.75) is 24.8 Å². The highest BCUT2D eigenvalue weighted by Gasteiger charge is 2.24. The third-order valence-electron chi connectivity index (χ3n) is 3.97. The number of hydrogen-bond donors (Lipinski definition) is 1. The molecule has 3 aromatic rings. The van der Waals surface area contributed by atoms with Crippen LogP contribution in [0.25, 0.3) is 10.8 Å². The Morgan fingerprint density at radius 2 is 1.93 bits per heavy atom. The van der Waals surface area contributed by atoms with E-state index >= 15 is 0 Å². The van der Waals surface area contributed by atoms with Crippen LogP contribution in [-0.4, -0.2) is 42.5 Å². The van der Waals surface area contributed by atoms with Crippen LogP contribution in [0.5, 0.6) is 0 Å². The fraction of sp³-hybridized carbons (Fsp3) is 0.278. The molecule has 160 valence electrons. The van der Waals surface area contributed by atoms with Gasteiger partial charge in [0.25, 0.3) is 5.89 Å².